The van der Waals surface area contributed by atoms with E-state index in [4.69, 9.17) is 4.74 Å². The fourth-order valence-electron chi connectivity index (χ4n) is 3.37. The summed E-state index contributed by atoms with van der Waals surface area (Å²) in [6.45, 7) is 5.34. The summed E-state index contributed by atoms with van der Waals surface area (Å²) >= 11 is 0. The van der Waals surface area contributed by atoms with Crippen LogP contribution in [0.1, 0.15) is 29.7 Å². The Balaban J connectivity index is 1.95. The van der Waals surface area contributed by atoms with Crippen LogP contribution in [0.4, 0.5) is 5.69 Å². The van der Waals surface area contributed by atoms with Gasteiger partial charge in [-0.1, -0.05) is 54.1 Å². The van der Waals surface area contributed by atoms with E-state index in [0.717, 1.165) is 21.0 Å². The zero-order valence-corrected chi connectivity index (χ0v) is 19.5. The number of hydrogen-bond donors (Lipinski definition) is 1. The molecule has 0 heterocycles. The van der Waals surface area contributed by atoms with E-state index in [2.05, 4.69) is 5.32 Å². The van der Waals surface area contributed by atoms with Crippen LogP contribution in [0.5, 0.6) is 5.75 Å². The Morgan fingerprint density at radius 1 is 0.969 bits per heavy atom. The maximum absolute atomic E-state index is 13.5. The molecule has 1 N–H and O–H groups in total. The highest BCUT2D eigenvalue weighted by Crippen LogP contribution is 2.33. The van der Waals surface area contributed by atoms with Crippen LogP contribution in [0, 0.1) is 13.8 Å². The molecule has 0 spiro atoms. The number of carbonyl (C=O) groups is 1. The summed E-state index contributed by atoms with van der Waals surface area (Å²) in [5, 5.41) is 2.91. The number of aryl methyl sites for hydroxylation is 2. The van der Waals surface area contributed by atoms with E-state index in [-0.39, 0.29) is 17.5 Å². The third kappa shape index (κ3) is 5.29. The second-order valence-electron chi connectivity index (χ2n) is 7.70. The molecule has 0 aliphatic carbocycles. The van der Waals surface area contributed by atoms with Gasteiger partial charge in [0.25, 0.3) is 10.0 Å². The fourth-order valence-corrected chi connectivity index (χ4v) is 4.81. The highest BCUT2D eigenvalue weighted by molar-refractivity contribution is 7.92. The Morgan fingerprint density at radius 3 is 2.22 bits per heavy atom. The first-order chi connectivity index (χ1) is 15.2. The minimum atomic E-state index is -4.01. The Hall–Kier alpha value is -3.32. The number of nitrogens with zero attached hydrogens (tertiary/aromatic N) is 1. The Bertz CT molecular complexity index is 1180. The number of rotatable bonds is 8. The largest absolute Gasteiger partial charge is 0.495 e. The van der Waals surface area contributed by atoms with Crippen molar-refractivity contribution in [2.24, 2.45) is 0 Å². The minimum Gasteiger partial charge on any atom is -0.495 e. The predicted octanol–water partition coefficient (Wildman–Crippen LogP) is 4.38. The number of sulfonamides is 1. The first-order valence-corrected chi connectivity index (χ1v) is 11.7. The molecule has 1 amide bonds. The number of ether oxygens (including phenoxy) is 1. The average Bonchev–Trinajstić information content (AvgIpc) is 2.78. The molecule has 6 nitrogen and oxygen atoms in total. The summed E-state index contributed by atoms with van der Waals surface area (Å²) in [6, 6.07) is 20.9. The van der Waals surface area contributed by atoms with Gasteiger partial charge in [-0.3, -0.25) is 9.10 Å². The van der Waals surface area contributed by atoms with Crippen molar-refractivity contribution < 1.29 is 17.9 Å². The van der Waals surface area contributed by atoms with Crippen molar-refractivity contribution in [3.8, 4) is 5.75 Å². The molecule has 0 fully saturated rings. The van der Waals surface area contributed by atoms with Crippen molar-refractivity contribution in [2.75, 3.05) is 18.0 Å². The van der Waals surface area contributed by atoms with Gasteiger partial charge in [0.2, 0.25) is 5.91 Å². The van der Waals surface area contributed by atoms with Crippen LogP contribution in [-0.4, -0.2) is 28.0 Å². The number of carbonyl (C=O) groups excluding carboxylic acids is 1. The van der Waals surface area contributed by atoms with Gasteiger partial charge in [0.05, 0.1) is 23.7 Å². The SMILES string of the molecule is COc1ccc(C)cc1N(CC(=O)NC(C)c1ccc(C)cc1)S(=O)(=O)c1ccccc1. The smallest absolute Gasteiger partial charge is 0.264 e. The van der Waals surface area contributed by atoms with Gasteiger partial charge < -0.3 is 10.1 Å². The molecule has 3 aromatic carbocycles. The lowest BCUT2D eigenvalue weighted by Gasteiger charge is -2.26. The van der Waals surface area contributed by atoms with Crippen molar-refractivity contribution in [2.45, 2.75) is 31.7 Å². The van der Waals surface area contributed by atoms with Crippen molar-refractivity contribution in [3.63, 3.8) is 0 Å². The molecular weight excluding hydrogens is 424 g/mol. The van der Waals surface area contributed by atoms with Gasteiger partial charge in [-0.05, 0) is 56.2 Å². The van der Waals surface area contributed by atoms with E-state index in [1.165, 1.54) is 19.2 Å². The molecule has 168 valence electrons. The standard InChI is InChI=1S/C25H28N2O4S/c1-18-10-13-21(14-11-18)20(3)26-25(28)17-27(23-16-19(2)12-15-24(23)31-4)32(29,30)22-8-6-5-7-9-22/h5-16,20H,17H2,1-4H3,(H,26,28). The number of nitrogens with one attached hydrogen (secondary N) is 1. The van der Waals surface area contributed by atoms with E-state index in [0.29, 0.717) is 11.4 Å². The van der Waals surface area contributed by atoms with E-state index in [9.17, 15) is 13.2 Å². The topological polar surface area (TPSA) is 75.7 Å². The molecule has 0 saturated heterocycles. The Kier molecular flexibility index (Phi) is 7.20. The zero-order chi connectivity index (χ0) is 23.3. The zero-order valence-electron chi connectivity index (χ0n) is 18.7. The van der Waals surface area contributed by atoms with E-state index in [1.54, 1.807) is 30.3 Å². The quantitative estimate of drug-likeness (QED) is 0.550. The Morgan fingerprint density at radius 2 is 1.59 bits per heavy atom. The van der Waals surface area contributed by atoms with Crippen LogP contribution in [0.15, 0.2) is 77.7 Å². The van der Waals surface area contributed by atoms with Crippen LogP contribution in [0.25, 0.3) is 0 Å². The first-order valence-electron chi connectivity index (χ1n) is 10.3. The summed E-state index contributed by atoms with van der Waals surface area (Å²) in [4.78, 5) is 13.1. The highest BCUT2D eigenvalue weighted by Gasteiger charge is 2.29. The summed E-state index contributed by atoms with van der Waals surface area (Å²) in [6.07, 6.45) is 0. The lowest BCUT2D eigenvalue weighted by molar-refractivity contribution is -0.120. The molecule has 3 aromatic rings. The average molecular weight is 453 g/mol. The van der Waals surface area contributed by atoms with Crippen molar-refractivity contribution in [1.82, 2.24) is 5.32 Å². The summed E-state index contributed by atoms with van der Waals surface area (Å²) in [7, 11) is -2.54. The number of methoxy groups -OCH3 is 1. The van der Waals surface area contributed by atoms with Crippen LogP contribution in [-0.2, 0) is 14.8 Å². The number of benzene rings is 3. The molecule has 0 bridgehead atoms. The van der Waals surface area contributed by atoms with E-state index < -0.39 is 15.9 Å². The lowest BCUT2D eigenvalue weighted by Crippen LogP contribution is -2.41. The normalized spacial score (nSPS) is 12.1. The number of hydrogen-bond acceptors (Lipinski definition) is 4. The third-order valence-electron chi connectivity index (χ3n) is 5.18. The molecule has 0 aliphatic heterocycles. The number of amides is 1. The van der Waals surface area contributed by atoms with Gasteiger partial charge in [0, 0.05) is 0 Å². The summed E-state index contributed by atoms with van der Waals surface area (Å²) in [5.41, 5.74) is 3.23. The molecular formula is C25H28N2O4S. The molecule has 0 aliphatic rings. The number of anilines is 1. The van der Waals surface area contributed by atoms with Crippen LogP contribution < -0.4 is 14.4 Å². The molecule has 32 heavy (non-hydrogen) atoms. The van der Waals surface area contributed by atoms with Crippen LogP contribution in [0.3, 0.4) is 0 Å². The second-order valence-corrected chi connectivity index (χ2v) is 9.56. The molecule has 7 heteroatoms. The summed E-state index contributed by atoms with van der Waals surface area (Å²) < 4.78 is 33.6. The third-order valence-corrected chi connectivity index (χ3v) is 6.95. The maximum Gasteiger partial charge on any atom is 0.264 e. The van der Waals surface area contributed by atoms with Gasteiger partial charge in [-0.2, -0.15) is 0 Å². The lowest BCUT2D eigenvalue weighted by atomic mass is 10.1. The molecule has 1 atom stereocenters. The van der Waals surface area contributed by atoms with Crippen molar-refractivity contribution in [3.05, 3.63) is 89.5 Å². The first kappa shape index (κ1) is 23.3. The molecule has 0 radical (unpaired) electrons. The van der Waals surface area contributed by atoms with E-state index in [1.807, 2.05) is 51.1 Å². The molecule has 3 rings (SSSR count). The highest BCUT2D eigenvalue weighted by atomic mass is 32.2. The maximum atomic E-state index is 13.5. The minimum absolute atomic E-state index is 0.0999. The van der Waals surface area contributed by atoms with Gasteiger partial charge in [-0.15, -0.1) is 0 Å². The summed E-state index contributed by atoms with van der Waals surface area (Å²) in [5.74, 6) is -0.0457. The monoisotopic (exact) mass is 452 g/mol. The van der Waals surface area contributed by atoms with Crippen molar-refractivity contribution >= 4 is 21.6 Å². The Labute approximate surface area is 189 Å². The van der Waals surface area contributed by atoms with Crippen molar-refractivity contribution in [1.29, 1.82) is 0 Å². The van der Waals surface area contributed by atoms with Crippen LogP contribution >= 0.6 is 0 Å². The van der Waals surface area contributed by atoms with E-state index >= 15 is 0 Å². The molecule has 1 unspecified atom stereocenters. The molecule has 0 saturated carbocycles. The predicted molar refractivity (Wildman–Crippen MR) is 126 cm³/mol. The van der Waals surface area contributed by atoms with Crippen LogP contribution in [0.2, 0.25) is 0 Å². The van der Waals surface area contributed by atoms with Gasteiger partial charge in [0.1, 0.15) is 12.3 Å². The fraction of sp³-hybridized carbons (Fsp3) is 0.240. The van der Waals surface area contributed by atoms with Gasteiger partial charge in [0.15, 0.2) is 0 Å². The second kappa shape index (κ2) is 9.87. The molecule has 0 aromatic heterocycles. The van der Waals surface area contributed by atoms with Gasteiger partial charge >= 0.3 is 0 Å². The van der Waals surface area contributed by atoms with Gasteiger partial charge in [-0.25, -0.2) is 8.42 Å².